The van der Waals surface area contributed by atoms with Gasteiger partial charge >= 0.3 is 11.9 Å². The Morgan fingerprint density at radius 1 is 0.750 bits per heavy atom. The Morgan fingerprint density at radius 2 is 1.36 bits per heavy atom. The molecule has 0 saturated carbocycles. The maximum atomic E-state index is 12.4. The van der Waals surface area contributed by atoms with Crippen LogP contribution < -0.4 is 4.74 Å². The van der Waals surface area contributed by atoms with E-state index in [0.29, 0.717) is 11.3 Å². The molecule has 0 fully saturated rings. The van der Waals surface area contributed by atoms with Crippen LogP contribution in [0, 0.1) is 0 Å². The van der Waals surface area contributed by atoms with Gasteiger partial charge in [-0.1, -0.05) is 48.5 Å². The molecule has 0 aliphatic heterocycles. The first-order valence-electron chi connectivity index (χ1n) is 8.71. The molecule has 0 heterocycles. The van der Waals surface area contributed by atoms with Crippen molar-refractivity contribution in [1.82, 2.24) is 0 Å². The molecule has 0 aliphatic carbocycles. The summed E-state index contributed by atoms with van der Waals surface area (Å²) in [6, 6.07) is 22.3. The van der Waals surface area contributed by atoms with E-state index in [1.54, 1.807) is 6.07 Å². The lowest BCUT2D eigenvalue weighted by Gasteiger charge is -2.16. The van der Waals surface area contributed by atoms with Crippen LogP contribution in [0.3, 0.4) is 0 Å². The molecular formula is C23H20O5. The minimum atomic E-state index is -0.619. The van der Waals surface area contributed by atoms with Gasteiger partial charge in [0.05, 0.1) is 25.3 Å². The number of hydrogen-bond donors (Lipinski definition) is 0. The lowest BCUT2D eigenvalue weighted by Crippen LogP contribution is -2.16. The standard InChI is InChI=1S/C23H20O5/c1-26-22(24)20-14-17(16-9-5-3-6-10-16)13-18(21(20)23(25)27-2)15-28-19-11-7-4-8-12-19/h3-14H,15H2,1-2H3. The highest BCUT2D eigenvalue weighted by Gasteiger charge is 2.24. The molecule has 0 saturated heterocycles. The molecule has 0 bridgehead atoms. The van der Waals surface area contributed by atoms with E-state index in [1.807, 2.05) is 66.7 Å². The van der Waals surface area contributed by atoms with Crippen LogP contribution in [0.5, 0.6) is 5.75 Å². The Hall–Kier alpha value is -3.60. The Morgan fingerprint density at radius 3 is 1.96 bits per heavy atom. The largest absolute Gasteiger partial charge is 0.489 e. The molecule has 0 aliphatic rings. The summed E-state index contributed by atoms with van der Waals surface area (Å²) in [5.41, 5.74) is 2.51. The monoisotopic (exact) mass is 376 g/mol. The highest BCUT2D eigenvalue weighted by Crippen LogP contribution is 2.28. The Balaban J connectivity index is 2.12. The van der Waals surface area contributed by atoms with Gasteiger partial charge in [0.15, 0.2) is 0 Å². The van der Waals surface area contributed by atoms with Crippen LogP contribution >= 0.6 is 0 Å². The highest BCUT2D eigenvalue weighted by molar-refractivity contribution is 6.05. The van der Waals surface area contributed by atoms with E-state index >= 15 is 0 Å². The molecule has 0 aromatic heterocycles. The van der Waals surface area contributed by atoms with Gasteiger partial charge in [0.25, 0.3) is 0 Å². The van der Waals surface area contributed by atoms with Gasteiger partial charge < -0.3 is 14.2 Å². The van der Waals surface area contributed by atoms with Gasteiger partial charge in [-0.25, -0.2) is 9.59 Å². The van der Waals surface area contributed by atoms with Crippen LogP contribution in [-0.2, 0) is 16.1 Å². The number of benzene rings is 3. The lowest BCUT2D eigenvalue weighted by molar-refractivity contribution is 0.0553. The van der Waals surface area contributed by atoms with Crippen molar-refractivity contribution < 1.29 is 23.8 Å². The van der Waals surface area contributed by atoms with Gasteiger partial charge in [-0.15, -0.1) is 0 Å². The minimum Gasteiger partial charge on any atom is -0.489 e. The normalized spacial score (nSPS) is 10.2. The van der Waals surface area contributed by atoms with E-state index in [0.717, 1.165) is 11.1 Å². The summed E-state index contributed by atoms with van der Waals surface area (Å²) in [4.78, 5) is 24.8. The van der Waals surface area contributed by atoms with Crippen LogP contribution in [0.2, 0.25) is 0 Å². The van der Waals surface area contributed by atoms with Crippen LogP contribution in [0.25, 0.3) is 11.1 Å². The van der Waals surface area contributed by atoms with Crippen molar-refractivity contribution in [1.29, 1.82) is 0 Å². The molecule has 0 N–H and O–H groups in total. The summed E-state index contributed by atoms with van der Waals surface area (Å²) >= 11 is 0. The molecule has 5 heteroatoms. The molecule has 0 atom stereocenters. The average molecular weight is 376 g/mol. The van der Waals surface area contributed by atoms with Gasteiger partial charge in [-0.2, -0.15) is 0 Å². The van der Waals surface area contributed by atoms with E-state index in [-0.39, 0.29) is 17.7 Å². The van der Waals surface area contributed by atoms with Crippen LogP contribution in [0.4, 0.5) is 0 Å². The van der Waals surface area contributed by atoms with Crippen LogP contribution in [0.1, 0.15) is 26.3 Å². The Kier molecular flexibility index (Phi) is 6.07. The van der Waals surface area contributed by atoms with Crippen molar-refractivity contribution in [3.63, 3.8) is 0 Å². The summed E-state index contributed by atoms with van der Waals surface area (Å²) in [6.45, 7) is 0.0963. The van der Waals surface area contributed by atoms with E-state index < -0.39 is 11.9 Å². The van der Waals surface area contributed by atoms with Crippen molar-refractivity contribution in [3.8, 4) is 16.9 Å². The van der Waals surface area contributed by atoms with Crippen LogP contribution in [0.15, 0.2) is 72.8 Å². The summed E-state index contributed by atoms with van der Waals surface area (Å²) in [6.07, 6.45) is 0. The van der Waals surface area contributed by atoms with Gasteiger partial charge in [-0.05, 0) is 35.4 Å². The van der Waals surface area contributed by atoms with E-state index in [1.165, 1.54) is 14.2 Å². The minimum absolute atomic E-state index is 0.0963. The molecular weight excluding hydrogens is 356 g/mol. The molecule has 0 radical (unpaired) electrons. The van der Waals surface area contributed by atoms with Gasteiger partial charge in [-0.3, -0.25) is 0 Å². The second-order valence-electron chi connectivity index (χ2n) is 6.01. The van der Waals surface area contributed by atoms with Crippen molar-refractivity contribution in [2.75, 3.05) is 14.2 Å². The Labute approximate surface area is 163 Å². The molecule has 142 valence electrons. The van der Waals surface area contributed by atoms with E-state index in [2.05, 4.69) is 0 Å². The topological polar surface area (TPSA) is 61.8 Å². The molecule has 3 aromatic rings. The van der Waals surface area contributed by atoms with Gasteiger partial charge in [0.1, 0.15) is 12.4 Å². The fourth-order valence-electron chi connectivity index (χ4n) is 2.91. The van der Waals surface area contributed by atoms with Gasteiger partial charge in [0.2, 0.25) is 0 Å². The first kappa shape index (κ1) is 19.2. The summed E-state index contributed by atoms with van der Waals surface area (Å²) in [7, 11) is 2.55. The molecule has 28 heavy (non-hydrogen) atoms. The zero-order valence-electron chi connectivity index (χ0n) is 15.7. The maximum Gasteiger partial charge on any atom is 0.339 e. The summed E-state index contributed by atoms with van der Waals surface area (Å²) in [5.74, 6) is -0.575. The van der Waals surface area contributed by atoms with E-state index in [4.69, 9.17) is 14.2 Å². The first-order valence-corrected chi connectivity index (χ1v) is 8.71. The van der Waals surface area contributed by atoms with Crippen molar-refractivity contribution >= 4 is 11.9 Å². The number of para-hydroxylation sites is 1. The number of carbonyl (C=O) groups is 2. The van der Waals surface area contributed by atoms with Crippen molar-refractivity contribution in [3.05, 3.63) is 89.5 Å². The second-order valence-corrected chi connectivity index (χ2v) is 6.01. The number of carbonyl (C=O) groups excluding carboxylic acids is 2. The van der Waals surface area contributed by atoms with Crippen LogP contribution in [-0.4, -0.2) is 26.2 Å². The number of hydrogen-bond acceptors (Lipinski definition) is 5. The number of rotatable bonds is 6. The smallest absolute Gasteiger partial charge is 0.339 e. The Bertz CT molecular complexity index is 965. The highest BCUT2D eigenvalue weighted by atomic mass is 16.5. The maximum absolute atomic E-state index is 12.4. The predicted molar refractivity (Wildman–Crippen MR) is 105 cm³/mol. The lowest BCUT2D eigenvalue weighted by atomic mass is 9.94. The quantitative estimate of drug-likeness (QED) is 0.593. The average Bonchev–Trinajstić information content (AvgIpc) is 2.77. The summed E-state index contributed by atoms with van der Waals surface area (Å²) < 4.78 is 15.6. The van der Waals surface area contributed by atoms with Crippen molar-refractivity contribution in [2.45, 2.75) is 6.61 Å². The molecule has 0 unspecified atom stereocenters. The molecule has 3 aromatic carbocycles. The van der Waals surface area contributed by atoms with Crippen molar-refractivity contribution in [2.24, 2.45) is 0 Å². The SMILES string of the molecule is COC(=O)c1cc(-c2ccccc2)cc(COc2ccccc2)c1C(=O)OC. The molecule has 0 spiro atoms. The number of methoxy groups -OCH3 is 2. The second kappa shape index (κ2) is 8.86. The fraction of sp³-hybridized carbons (Fsp3) is 0.130. The number of esters is 2. The molecule has 5 nitrogen and oxygen atoms in total. The molecule has 0 amide bonds. The third-order valence-electron chi connectivity index (χ3n) is 4.26. The van der Waals surface area contributed by atoms with Gasteiger partial charge in [0, 0.05) is 5.56 Å². The van der Waals surface area contributed by atoms with E-state index in [9.17, 15) is 9.59 Å². The zero-order valence-corrected chi connectivity index (χ0v) is 15.7. The third-order valence-corrected chi connectivity index (χ3v) is 4.26. The third kappa shape index (κ3) is 4.20. The zero-order chi connectivity index (χ0) is 19.9. The first-order chi connectivity index (χ1) is 13.6. The molecule has 3 rings (SSSR count). The fourth-order valence-corrected chi connectivity index (χ4v) is 2.91. The number of ether oxygens (including phenoxy) is 3. The summed E-state index contributed by atoms with van der Waals surface area (Å²) in [5, 5.41) is 0. The predicted octanol–water partition coefficient (Wildman–Crippen LogP) is 4.51.